The van der Waals surface area contributed by atoms with Gasteiger partial charge in [0.1, 0.15) is 0 Å². The molecule has 1 nitrogen and oxygen atoms in total. The smallest absolute Gasteiger partial charge is 0.0799 e. The molecular weight excluding hydrogens is 182 g/mol. The quantitative estimate of drug-likeness (QED) is 0.514. The SMILES string of the molecule is [CH2-][N+](C)(C)Cc1ccc2ccccc2c1. The summed E-state index contributed by atoms with van der Waals surface area (Å²) >= 11 is 0. The summed E-state index contributed by atoms with van der Waals surface area (Å²) in [5.74, 6) is 0. The highest BCUT2D eigenvalue weighted by atomic mass is 15.3. The van der Waals surface area contributed by atoms with E-state index in [9.17, 15) is 0 Å². The maximum atomic E-state index is 4.08. The van der Waals surface area contributed by atoms with Crippen LogP contribution in [-0.2, 0) is 6.54 Å². The van der Waals surface area contributed by atoms with Crippen molar-refractivity contribution in [2.45, 2.75) is 6.54 Å². The van der Waals surface area contributed by atoms with Crippen LogP contribution in [0.2, 0.25) is 0 Å². The van der Waals surface area contributed by atoms with Crippen LogP contribution in [0.25, 0.3) is 10.8 Å². The van der Waals surface area contributed by atoms with Crippen LogP contribution in [0.4, 0.5) is 0 Å². The van der Waals surface area contributed by atoms with Crippen LogP contribution in [0.1, 0.15) is 5.56 Å². The topological polar surface area (TPSA) is 0 Å². The lowest BCUT2D eigenvalue weighted by Gasteiger charge is -2.32. The van der Waals surface area contributed by atoms with Crippen LogP contribution in [-0.4, -0.2) is 18.6 Å². The van der Waals surface area contributed by atoms with Crippen molar-refractivity contribution in [2.75, 3.05) is 14.1 Å². The molecule has 0 radical (unpaired) electrons. The number of nitrogens with zero attached hydrogens (tertiary/aromatic N) is 1. The van der Waals surface area contributed by atoms with Crippen LogP contribution in [0.3, 0.4) is 0 Å². The summed E-state index contributed by atoms with van der Waals surface area (Å²) in [4.78, 5) is 0. The normalized spacial score (nSPS) is 11.9. The Morgan fingerprint density at radius 2 is 1.67 bits per heavy atom. The van der Waals surface area contributed by atoms with Gasteiger partial charge in [-0.3, -0.25) is 0 Å². The van der Waals surface area contributed by atoms with Gasteiger partial charge in [-0.2, -0.15) is 0 Å². The van der Waals surface area contributed by atoms with Gasteiger partial charge in [-0.1, -0.05) is 36.4 Å². The predicted octanol–water partition coefficient (Wildman–Crippen LogP) is 3.21. The summed E-state index contributed by atoms with van der Waals surface area (Å²) in [6.45, 7) is 0.963. The number of fused-ring (bicyclic) bond motifs is 1. The van der Waals surface area contributed by atoms with E-state index in [0.29, 0.717) is 0 Å². The fourth-order valence-corrected chi connectivity index (χ4v) is 1.83. The van der Waals surface area contributed by atoms with Crippen molar-refractivity contribution in [3.05, 3.63) is 55.1 Å². The average Bonchev–Trinajstić information content (AvgIpc) is 2.15. The standard InChI is InChI=1S/C14H17N/c1-15(2,3)11-12-8-9-13-6-4-5-7-14(13)10-12/h4-10H,1,11H2,2-3H3. The van der Waals surface area contributed by atoms with Crippen LogP contribution in [0, 0.1) is 7.05 Å². The van der Waals surface area contributed by atoms with Gasteiger partial charge in [-0.25, -0.2) is 0 Å². The molecule has 0 fully saturated rings. The zero-order valence-corrected chi connectivity index (χ0v) is 9.40. The number of quaternary nitrogens is 1. The second-order valence-corrected chi connectivity index (χ2v) is 4.78. The molecule has 78 valence electrons. The van der Waals surface area contributed by atoms with E-state index in [2.05, 4.69) is 63.6 Å². The summed E-state index contributed by atoms with van der Waals surface area (Å²) in [7, 11) is 8.30. The van der Waals surface area contributed by atoms with Gasteiger partial charge in [-0.05, 0) is 16.8 Å². The van der Waals surface area contributed by atoms with E-state index in [1.165, 1.54) is 16.3 Å². The number of benzene rings is 2. The lowest BCUT2D eigenvalue weighted by Crippen LogP contribution is -2.30. The third kappa shape index (κ3) is 2.57. The summed E-state index contributed by atoms with van der Waals surface area (Å²) in [5.41, 5.74) is 1.34. The highest BCUT2D eigenvalue weighted by Gasteiger charge is 2.03. The molecule has 0 bridgehead atoms. The first-order valence-electron chi connectivity index (χ1n) is 5.20. The molecule has 0 amide bonds. The molecule has 2 aromatic carbocycles. The molecule has 0 atom stereocenters. The van der Waals surface area contributed by atoms with Crippen LogP contribution in [0.5, 0.6) is 0 Å². The van der Waals surface area contributed by atoms with Gasteiger partial charge >= 0.3 is 0 Å². The zero-order valence-electron chi connectivity index (χ0n) is 9.40. The first-order valence-corrected chi connectivity index (χ1v) is 5.20. The summed E-state index contributed by atoms with van der Waals surface area (Å²) in [6, 6.07) is 15.1. The summed E-state index contributed by atoms with van der Waals surface area (Å²) < 4.78 is 0.721. The maximum absolute atomic E-state index is 4.08. The largest absolute Gasteiger partial charge is 0.458 e. The number of rotatable bonds is 2. The van der Waals surface area contributed by atoms with Gasteiger partial charge in [0.25, 0.3) is 0 Å². The molecule has 0 heterocycles. The van der Waals surface area contributed by atoms with Gasteiger partial charge in [0.15, 0.2) is 0 Å². The second kappa shape index (κ2) is 3.67. The Morgan fingerprint density at radius 3 is 2.33 bits per heavy atom. The summed E-state index contributed by atoms with van der Waals surface area (Å²) in [5, 5.41) is 2.61. The van der Waals surface area contributed by atoms with Crippen LogP contribution in [0.15, 0.2) is 42.5 Å². The van der Waals surface area contributed by atoms with Crippen molar-refractivity contribution in [3.63, 3.8) is 0 Å². The van der Waals surface area contributed by atoms with Crippen LogP contribution < -0.4 is 0 Å². The molecule has 0 saturated heterocycles. The molecule has 0 saturated carbocycles. The minimum Gasteiger partial charge on any atom is -0.458 e. The number of hydrogen-bond donors (Lipinski definition) is 0. The Hall–Kier alpha value is -1.34. The molecule has 15 heavy (non-hydrogen) atoms. The van der Waals surface area contributed by atoms with E-state index in [-0.39, 0.29) is 0 Å². The lowest BCUT2D eigenvalue weighted by atomic mass is 10.1. The van der Waals surface area contributed by atoms with Crippen LogP contribution >= 0.6 is 0 Å². The molecule has 0 N–H and O–H groups in total. The van der Waals surface area contributed by atoms with Crippen molar-refractivity contribution in [1.82, 2.24) is 0 Å². The zero-order chi connectivity index (χ0) is 10.9. The van der Waals surface area contributed by atoms with E-state index in [1.807, 2.05) is 0 Å². The van der Waals surface area contributed by atoms with Crippen molar-refractivity contribution in [3.8, 4) is 0 Å². The third-order valence-corrected chi connectivity index (χ3v) is 2.42. The van der Waals surface area contributed by atoms with Crippen molar-refractivity contribution >= 4 is 10.8 Å². The van der Waals surface area contributed by atoms with E-state index in [1.54, 1.807) is 0 Å². The molecule has 1 heteroatoms. The molecule has 0 aliphatic heterocycles. The second-order valence-electron chi connectivity index (χ2n) is 4.78. The first kappa shape index (κ1) is 10.2. The molecular formula is C14H17N. The Morgan fingerprint density at radius 1 is 1.00 bits per heavy atom. The van der Waals surface area contributed by atoms with Crippen molar-refractivity contribution in [2.24, 2.45) is 0 Å². The van der Waals surface area contributed by atoms with Gasteiger partial charge in [0.2, 0.25) is 0 Å². The Labute approximate surface area is 91.5 Å². The molecule has 2 aromatic rings. The molecule has 0 aliphatic carbocycles. The Kier molecular flexibility index (Phi) is 2.49. The predicted molar refractivity (Wildman–Crippen MR) is 65.1 cm³/mol. The maximum Gasteiger partial charge on any atom is 0.0799 e. The molecule has 0 aliphatic rings. The van der Waals surface area contributed by atoms with Crippen molar-refractivity contribution in [1.29, 1.82) is 0 Å². The highest BCUT2D eigenvalue weighted by Crippen LogP contribution is 2.17. The highest BCUT2D eigenvalue weighted by molar-refractivity contribution is 5.82. The van der Waals surface area contributed by atoms with E-state index >= 15 is 0 Å². The van der Waals surface area contributed by atoms with Gasteiger partial charge in [0, 0.05) is 19.7 Å². The summed E-state index contributed by atoms with van der Waals surface area (Å²) in [6.07, 6.45) is 0. The third-order valence-electron chi connectivity index (χ3n) is 2.42. The van der Waals surface area contributed by atoms with E-state index < -0.39 is 0 Å². The fraction of sp³-hybridized carbons (Fsp3) is 0.214. The lowest BCUT2D eigenvalue weighted by molar-refractivity contribution is -0.859. The first-order chi connectivity index (χ1) is 7.04. The van der Waals surface area contributed by atoms with Gasteiger partial charge in [0.05, 0.1) is 6.54 Å². The van der Waals surface area contributed by atoms with Gasteiger partial charge in [-0.15, -0.1) is 7.05 Å². The minimum absolute atomic E-state index is 0.721. The molecule has 0 aromatic heterocycles. The fourth-order valence-electron chi connectivity index (χ4n) is 1.83. The number of hydrogen-bond acceptors (Lipinski definition) is 0. The Balaban J connectivity index is 2.39. The molecule has 0 unspecified atom stereocenters. The van der Waals surface area contributed by atoms with Crippen molar-refractivity contribution < 1.29 is 4.48 Å². The minimum atomic E-state index is 0.721. The Bertz CT molecular complexity index is 466. The molecule has 0 spiro atoms. The van der Waals surface area contributed by atoms with E-state index in [4.69, 9.17) is 0 Å². The monoisotopic (exact) mass is 199 g/mol. The van der Waals surface area contributed by atoms with E-state index in [0.717, 1.165) is 11.0 Å². The molecule has 2 rings (SSSR count). The van der Waals surface area contributed by atoms with Gasteiger partial charge < -0.3 is 4.48 Å². The average molecular weight is 199 g/mol.